The van der Waals surface area contributed by atoms with Crippen molar-refractivity contribution in [2.75, 3.05) is 13.2 Å². The number of rotatable bonds is 58. The van der Waals surface area contributed by atoms with Crippen LogP contribution in [0, 0.1) is 0 Å². The third-order valence-corrected chi connectivity index (χ3v) is 13.6. The SMILES string of the molecule is CC/C=C\C/C=C\C/C=C\C/C=C\C/C=C\C/C=C\CCC(=O)OCC(COC(=O)CCCCCCCC/C=C\C/C=C\C/C=C\CCCCCCC)OC(=O)CCCCCCCCCCC/C=C\C/C=C\CCCCCCC. The van der Waals surface area contributed by atoms with Crippen LogP contribution < -0.4 is 0 Å². The van der Waals surface area contributed by atoms with E-state index in [0.29, 0.717) is 19.3 Å². The van der Waals surface area contributed by atoms with E-state index in [4.69, 9.17) is 14.2 Å². The highest BCUT2D eigenvalue weighted by Crippen LogP contribution is 2.15. The summed E-state index contributed by atoms with van der Waals surface area (Å²) in [5.41, 5.74) is 0. The molecule has 0 aliphatic heterocycles. The number of allylic oxidation sites excluding steroid dienone is 22. The first-order valence-electron chi connectivity index (χ1n) is 32.7. The van der Waals surface area contributed by atoms with Crippen LogP contribution in [0.1, 0.15) is 290 Å². The van der Waals surface area contributed by atoms with E-state index in [0.717, 1.165) is 109 Å². The fourth-order valence-corrected chi connectivity index (χ4v) is 8.74. The van der Waals surface area contributed by atoms with Crippen molar-refractivity contribution in [2.45, 2.75) is 297 Å². The highest BCUT2D eigenvalue weighted by Gasteiger charge is 2.19. The number of esters is 3. The van der Waals surface area contributed by atoms with E-state index in [1.807, 2.05) is 6.08 Å². The second kappa shape index (κ2) is 66.1. The molecular weight excluding hydrogens is 973 g/mol. The van der Waals surface area contributed by atoms with Crippen LogP contribution in [0.15, 0.2) is 134 Å². The van der Waals surface area contributed by atoms with Crippen molar-refractivity contribution in [1.29, 1.82) is 0 Å². The van der Waals surface area contributed by atoms with Crippen molar-refractivity contribution in [3.8, 4) is 0 Å². The molecule has 0 heterocycles. The zero-order valence-corrected chi connectivity index (χ0v) is 51.3. The Morgan fingerprint density at radius 2 is 0.519 bits per heavy atom. The molecule has 0 aliphatic rings. The predicted molar refractivity (Wildman–Crippen MR) is 343 cm³/mol. The van der Waals surface area contributed by atoms with Crippen molar-refractivity contribution in [2.24, 2.45) is 0 Å². The molecule has 0 aromatic carbocycles. The molecule has 6 nitrogen and oxygen atoms in total. The number of unbranched alkanes of at least 4 members (excludes halogenated alkanes) is 25. The molecule has 0 saturated heterocycles. The second-order valence-corrected chi connectivity index (χ2v) is 21.3. The molecule has 6 heteroatoms. The zero-order valence-electron chi connectivity index (χ0n) is 51.3. The third kappa shape index (κ3) is 64.3. The van der Waals surface area contributed by atoms with Gasteiger partial charge in [0.25, 0.3) is 0 Å². The van der Waals surface area contributed by atoms with Gasteiger partial charge in [-0.1, -0.05) is 276 Å². The lowest BCUT2D eigenvalue weighted by Crippen LogP contribution is -2.30. The molecule has 0 saturated carbocycles. The van der Waals surface area contributed by atoms with E-state index >= 15 is 0 Å². The largest absolute Gasteiger partial charge is 0.462 e. The van der Waals surface area contributed by atoms with E-state index < -0.39 is 6.10 Å². The van der Waals surface area contributed by atoms with Gasteiger partial charge in [0.1, 0.15) is 13.2 Å². The standard InChI is InChI=1S/C73H120O6/c1-4-7-10-13-16-19-22-25-28-31-34-36-39-42-45-48-51-54-57-60-63-66-72(75)78-69-70(68-77-71(74)65-62-59-56-53-50-47-44-41-38-33-30-27-24-21-18-15-12-9-6-3)79-73(76)67-64-61-58-55-52-49-46-43-40-37-35-32-29-26-23-20-17-14-11-8-5-2/h9,12,18,21-23,25-27,30-32,34-35,38-39,41-42,47,50,56,59,70H,4-8,10-11,13-17,19-20,24,28-29,33,36-37,40,43-46,48-49,51-55,57-58,60-69H2,1-3H3/b12-9-,21-18-,25-22-,26-23-,30-27-,34-31-,35-32-,41-38-,42-39-,50-47-,59-56-. The van der Waals surface area contributed by atoms with Crippen molar-refractivity contribution in [1.82, 2.24) is 0 Å². The molecule has 0 aliphatic carbocycles. The lowest BCUT2D eigenvalue weighted by Gasteiger charge is -2.18. The normalized spacial score (nSPS) is 13.0. The van der Waals surface area contributed by atoms with Crippen LogP contribution >= 0.6 is 0 Å². The van der Waals surface area contributed by atoms with Crippen LogP contribution in [-0.2, 0) is 28.6 Å². The molecular formula is C73H120O6. The Balaban J connectivity index is 4.53. The summed E-state index contributed by atoms with van der Waals surface area (Å²) < 4.78 is 16.9. The molecule has 0 aromatic heterocycles. The van der Waals surface area contributed by atoms with Gasteiger partial charge < -0.3 is 14.2 Å². The Labute approximate surface area is 487 Å². The summed E-state index contributed by atoms with van der Waals surface area (Å²) >= 11 is 0. The first kappa shape index (κ1) is 74.5. The molecule has 0 N–H and O–H groups in total. The minimum absolute atomic E-state index is 0.114. The Morgan fingerprint density at radius 3 is 0.848 bits per heavy atom. The molecule has 79 heavy (non-hydrogen) atoms. The maximum absolute atomic E-state index is 12.9. The van der Waals surface area contributed by atoms with Gasteiger partial charge in [0.15, 0.2) is 6.10 Å². The smallest absolute Gasteiger partial charge is 0.306 e. The van der Waals surface area contributed by atoms with Gasteiger partial charge in [-0.15, -0.1) is 0 Å². The van der Waals surface area contributed by atoms with Crippen molar-refractivity contribution in [3.63, 3.8) is 0 Å². The van der Waals surface area contributed by atoms with Crippen LogP contribution in [0.5, 0.6) is 0 Å². The minimum Gasteiger partial charge on any atom is -0.462 e. The number of carbonyl (C=O) groups excluding carboxylic acids is 3. The van der Waals surface area contributed by atoms with Crippen LogP contribution in [-0.4, -0.2) is 37.2 Å². The number of ether oxygens (including phenoxy) is 3. The summed E-state index contributed by atoms with van der Waals surface area (Å²) in [6, 6.07) is 0. The molecule has 0 bridgehead atoms. The zero-order chi connectivity index (χ0) is 57.1. The van der Waals surface area contributed by atoms with E-state index in [2.05, 4.69) is 148 Å². The van der Waals surface area contributed by atoms with Crippen LogP contribution in [0.25, 0.3) is 0 Å². The topological polar surface area (TPSA) is 78.9 Å². The van der Waals surface area contributed by atoms with Gasteiger partial charge in [-0.25, -0.2) is 0 Å². The van der Waals surface area contributed by atoms with Crippen LogP contribution in [0.4, 0.5) is 0 Å². The maximum Gasteiger partial charge on any atom is 0.306 e. The lowest BCUT2D eigenvalue weighted by atomic mass is 10.1. The Bertz CT molecular complexity index is 1680. The average molecular weight is 1090 g/mol. The summed E-state index contributed by atoms with van der Waals surface area (Å²) in [5, 5.41) is 0. The van der Waals surface area contributed by atoms with Crippen molar-refractivity contribution in [3.05, 3.63) is 134 Å². The predicted octanol–water partition coefficient (Wildman–Crippen LogP) is 22.5. The van der Waals surface area contributed by atoms with E-state index in [9.17, 15) is 14.4 Å². The van der Waals surface area contributed by atoms with Gasteiger partial charge in [0.2, 0.25) is 0 Å². The molecule has 1 unspecified atom stereocenters. The van der Waals surface area contributed by atoms with E-state index in [1.165, 1.54) is 135 Å². The lowest BCUT2D eigenvalue weighted by molar-refractivity contribution is -0.166. The molecule has 0 aromatic rings. The van der Waals surface area contributed by atoms with Gasteiger partial charge in [-0.3, -0.25) is 14.4 Å². The highest BCUT2D eigenvalue weighted by atomic mass is 16.6. The van der Waals surface area contributed by atoms with Gasteiger partial charge in [0.05, 0.1) is 0 Å². The fourth-order valence-electron chi connectivity index (χ4n) is 8.74. The fraction of sp³-hybridized carbons (Fsp3) is 0.658. The van der Waals surface area contributed by atoms with Crippen LogP contribution in [0.3, 0.4) is 0 Å². The first-order chi connectivity index (χ1) is 39.0. The Kier molecular flexibility index (Phi) is 62.3. The Hall–Kier alpha value is -4.45. The van der Waals surface area contributed by atoms with Gasteiger partial charge in [-0.2, -0.15) is 0 Å². The Morgan fingerprint density at radius 1 is 0.266 bits per heavy atom. The highest BCUT2D eigenvalue weighted by molar-refractivity contribution is 5.71. The summed E-state index contributed by atoms with van der Waals surface area (Å²) in [6.07, 6.45) is 93.2. The van der Waals surface area contributed by atoms with Crippen molar-refractivity contribution >= 4 is 17.9 Å². The minimum atomic E-state index is -0.824. The summed E-state index contributed by atoms with van der Waals surface area (Å²) in [4.78, 5) is 38.4. The molecule has 0 amide bonds. The second-order valence-electron chi connectivity index (χ2n) is 21.3. The maximum atomic E-state index is 12.9. The van der Waals surface area contributed by atoms with E-state index in [-0.39, 0.29) is 37.5 Å². The first-order valence-corrected chi connectivity index (χ1v) is 32.7. The quantitative estimate of drug-likeness (QED) is 0.0261. The third-order valence-electron chi connectivity index (χ3n) is 13.6. The van der Waals surface area contributed by atoms with E-state index in [1.54, 1.807) is 0 Å². The summed E-state index contributed by atoms with van der Waals surface area (Å²) in [5.74, 6) is -1.01. The average Bonchev–Trinajstić information content (AvgIpc) is 3.45. The molecule has 448 valence electrons. The van der Waals surface area contributed by atoms with Gasteiger partial charge >= 0.3 is 17.9 Å². The number of hydrogen-bond donors (Lipinski definition) is 0. The summed E-state index contributed by atoms with van der Waals surface area (Å²) in [6.45, 7) is 6.44. The molecule has 1 atom stereocenters. The van der Waals surface area contributed by atoms with Gasteiger partial charge in [0, 0.05) is 19.3 Å². The van der Waals surface area contributed by atoms with Crippen molar-refractivity contribution < 1.29 is 28.6 Å². The molecule has 0 radical (unpaired) electrons. The molecule has 0 rings (SSSR count). The molecule has 0 spiro atoms. The van der Waals surface area contributed by atoms with Crippen LogP contribution in [0.2, 0.25) is 0 Å². The monoisotopic (exact) mass is 1090 g/mol. The molecule has 0 fully saturated rings. The summed E-state index contributed by atoms with van der Waals surface area (Å²) in [7, 11) is 0. The number of hydrogen-bond acceptors (Lipinski definition) is 6. The number of carbonyl (C=O) groups is 3. The van der Waals surface area contributed by atoms with Gasteiger partial charge in [-0.05, 0) is 128 Å².